The zero-order valence-electron chi connectivity index (χ0n) is 30.3. The predicted molar refractivity (Wildman–Crippen MR) is 202 cm³/mol. The molecule has 0 radical (unpaired) electrons. The number of hydrogen-bond acceptors (Lipinski definition) is 7. The molecule has 0 N–H and O–H groups in total. The quantitative estimate of drug-likeness (QED) is 0.0848. The van der Waals surface area contributed by atoms with E-state index >= 15 is 0 Å². The number of rotatable bonds is 18. The number of amides is 1. The number of aryl methyl sites for hydroxylation is 1. The standard InChI is InChI=1S/C43H50N2O7/c1-47-25-8-22-44-23-20-36-15-14-34(28-40(36)44)31-51-42-29-45(43(46)52-30-33-10-4-3-5-11-33)24-21-39(42)35-16-18-38(19-17-35)50-27-9-26-49-32-37-12-6-7-13-41(37)48-2/h3-7,10-20,23,28,39,42H,8-9,21-22,24-27,29-32H2,1-2H3. The first-order chi connectivity index (χ1) is 25.6. The molecule has 52 heavy (non-hydrogen) atoms. The Morgan fingerprint density at radius 3 is 2.44 bits per heavy atom. The summed E-state index contributed by atoms with van der Waals surface area (Å²) < 4.78 is 37.2. The molecular formula is C43H50N2O7. The lowest BCUT2D eigenvalue weighted by atomic mass is 9.87. The number of aromatic nitrogens is 1. The van der Waals surface area contributed by atoms with E-state index in [9.17, 15) is 4.79 Å². The summed E-state index contributed by atoms with van der Waals surface area (Å²) in [5.41, 5.74) is 5.43. The lowest BCUT2D eigenvalue weighted by Crippen LogP contribution is -2.47. The Bertz CT molecular complexity index is 1820. The van der Waals surface area contributed by atoms with Crippen LogP contribution in [0.4, 0.5) is 4.79 Å². The number of para-hydroxylation sites is 1. The summed E-state index contributed by atoms with van der Waals surface area (Å²) in [7, 11) is 3.41. The summed E-state index contributed by atoms with van der Waals surface area (Å²) in [6.07, 6.45) is 4.08. The summed E-state index contributed by atoms with van der Waals surface area (Å²) in [5.74, 6) is 1.76. The minimum absolute atomic E-state index is 0.109. The van der Waals surface area contributed by atoms with Crippen molar-refractivity contribution in [1.29, 1.82) is 0 Å². The highest BCUT2D eigenvalue weighted by Gasteiger charge is 2.34. The van der Waals surface area contributed by atoms with Crippen molar-refractivity contribution in [3.63, 3.8) is 0 Å². The molecule has 9 heteroatoms. The van der Waals surface area contributed by atoms with Crippen molar-refractivity contribution in [3.05, 3.63) is 132 Å². The van der Waals surface area contributed by atoms with Crippen LogP contribution in [-0.4, -0.2) is 68.8 Å². The van der Waals surface area contributed by atoms with Crippen molar-refractivity contribution in [2.24, 2.45) is 0 Å². The average Bonchev–Trinajstić information content (AvgIpc) is 3.60. The van der Waals surface area contributed by atoms with Crippen LogP contribution in [0.25, 0.3) is 10.9 Å². The molecule has 0 saturated carbocycles. The van der Waals surface area contributed by atoms with E-state index in [1.165, 1.54) is 10.9 Å². The minimum Gasteiger partial charge on any atom is -0.496 e. The normalized spacial score (nSPS) is 15.8. The summed E-state index contributed by atoms with van der Waals surface area (Å²) in [4.78, 5) is 15.0. The molecule has 5 aromatic rings. The molecule has 1 amide bonds. The highest BCUT2D eigenvalue weighted by Crippen LogP contribution is 2.33. The van der Waals surface area contributed by atoms with E-state index in [1.54, 1.807) is 19.1 Å². The smallest absolute Gasteiger partial charge is 0.410 e. The van der Waals surface area contributed by atoms with Crippen molar-refractivity contribution in [3.8, 4) is 11.5 Å². The van der Waals surface area contributed by atoms with E-state index in [0.717, 1.165) is 66.2 Å². The van der Waals surface area contributed by atoms with E-state index in [1.807, 2.05) is 66.7 Å². The molecule has 0 spiro atoms. The largest absolute Gasteiger partial charge is 0.496 e. The molecule has 2 heterocycles. The third kappa shape index (κ3) is 10.2. The van der Waals surface area contributed by atoms with Gasteiger partial charge in [0, 0.05) is 56.4 Å². The summed E-state index contributed by atoms with van der Waals surface area (Å²) in [6, 6.07) is 34.6. The molecule has 1 aliphatic heterocycles. The van der Waals surface area contributed by atoms with Gasteiger partial charge in [0.25, 0.3) is 0 Å². The molecule has 1 fully saturated rings. The van der Waals surface area contributed by atoms with Crippen LogP contribution in [0.5, 0.6) is 11.5 Å². The Kier molecular flexibility index (Phi) is 13.6. The zero-order valence-corrected chi connectivity index (χ0v) is 30.3. The van der Waals surface area contributed by atoms with Gasteiger partial charge in [-0.25, -0.2) is 4.79 Å². The minimum atomic E-state index is -0.318. The number of piperidine rings is 1. The van der Waals surface area contributed by atoms with Crippen molar-refractivity contribution in [2.45, 2.75) is 57.6 Å². The van der Waals surface area contributed by atoms with Gasteiger partial charge in [-0.3, -0.25) is 0 Å². The van der Waals surface area contributed by atoms with Gasteiger partial charge in [0.1, 0.15) is 18.1 Å². The lowest BCUT2D eigenvalue weighted by molar-refractivity contribution is -0.0245. The van der Waals surface area contributed by atoms with Gasteiger partial charge in [-0.05, 0) is 65.3 Å². The van der Waals surface area contributed by atoms with E-state index in [-0.39, 0.29) is 24.7 Å². The topological polar surface area (TPSA) is 80.6 Å². The summed E-state index contributed by atoms with van der Waals surface area (Å²) in [6.45, 7) is 4.98. The molecule has 4 aromatic carbocycles. The Morgan fingerprint density at radius 2 is 1.62 bits per heavy atom. The van der Waals surface area contributed by atoms with Crippen LogP contribution in [0.15, 0.2) is 109 Å². The third-order valence-corrected chi connectivity index (χ3v) is 9.53. The molecule has 274 valence electrons. The fourth-order valence-corrected chi connectivity index (χ4v) is 6.71. The first-order valence-corrected chi connectivity index (χ1v) is 18.2. The molecule has 0 bridgehead atoms. The van der Waals surface area contributed by atoms with Crippen molar-refractivity contribution in [2.75, 3.05) is 47.1 Å². The molecule has 2 unspecified atom stereocenters. The van der Waals surface area contributed by atoms with Crippen LogP contribution in [0.1, 0.15) is 47.4 Å². The monoisotopic (exact) mass is 706 g/mol. The molecule has 0 aliphatic carbocycles. The van der Waals surface area contributed by atoms with Crippen LogP contribution in [0.2, 0.25) is 0 Å². The van der Waals surface area contributed by atoms with E-state index < -0.39 is 0 Å². The average molecular weight is 707 g/mol. The SMILES string of the molecule is COCCCn1ccc2ccc(COC3CN(C(=O)OCc4ccccc4)CCC3c3ccc(OCCCOCc4ccccc4OC)cc3)cc21. The van der Waals surface area contributed by atoms with Gasteiger partial charge in [-0.2, -0.15) is 0 Å². The van der Waals surface area contributed by atoms with Gasteiger partial charge in [0.15, 0.2) is 0 Å². The second-order valence-electron chi connectivity index (χ2n) is 13.1. The van der Waals surface area contributed by atoms with Gasteiger partial charge in [0.2, 0.25) is 0 Å². The third-order valence-electron chi connectivity index (χ3n) is 9.53. The number of fused-ring (bicyclic) bond motifs is 1. The van der Waals surface area contributed by atoms with Crippen molar-refractivity contribution in [1.82, 2.24) is 9.47 Å². The molecule has 2 atom stereocenters. The maximum atomic E-state index is 13.2. The number of benzene rings is 4. The van der Waals surface area contributed by atoms with Crippen LogP contribution in [0, 0.1) is 0 Å². The number of carbonyl (C=O) groups excluding carboxylic acids is 1. The predicted octanol–water partition coefficient (Wildman–Crippen LogP) is 8.38. The summed E-state index contributed by atoms with van der Waals surface area (Å²) >= 11 is 0. The van der Waals surface area contributed by atoms with Crippen LogP contribution in [-0.2, 0) is 45.3 Å². The number of ether oxygens (including phenoxy) is 6. The fourth-order valence-electron chi connectivity index (χ4n) is 6.71. The van der Waals surface area contributed by atoms with E-state index in [0.29, 0.717) is 39.5 Å². The Morgan fingerprint density at radius 1 is 0.788 bits per heavy atom. The Labute approximate surface area is 307 Å². The second-order valence-corrected chi connectivity index (χ2v) is 13.1. The van der Waals surface area contributed by atoms with Crippen molar-refractivity contribution >= 4 is 17.0 Å². The van der Waals surface area contributed by atoms with Crippen molar-refractivity contribution < 1.29 is 33.2 Å². The summed E-state index contributed by atoms with van der Waals surface area (Å²) in [5, 5.41) is 1.20. The molecule has 1 aliphatic rings. The first-order valence-electron chi connectivity index (χ1n) is 18.2. The van der Waals surface area contributed by atoms with E-state index in [4.69, 9.17) is 28.4 Å². The zero-order chi connectivity index (χ0) is 36.0. The van der Waals surface area contributed by atoms with Gasteiger partial charge in [0.05, 0.1) is 46.2 Å². The highest BCUT2D eigenvalue weighted by molar-refractivity contribution is 5.80. The molecular weight excluding hydrogens is 656 g/mol. The number of methoxy groups -OCH3 is 2. The fraction of sp³-hybridized carbons (Fsp3) is 0.372. The van der Waals surface area contributed by atoms with Crippen LogP contribution in [0.3, 0.4) is 0 Å². The van der Waals surface area contributed by atoms with Gasteiger partial charge in [-0.15, -0.1) is 0 Å². The first kappa shape index (κ1) is 36.9. The number of carbonyl (C=O) groups is 1. The lowest BCUT2D eigenvalue weighted by Gasteiger charge is -2.38. The number of hydrogen-bond donors (Lipinski definition) is 0. The van der Waals surface area contributed by atoms with Crippen LogP contribution >= 0.6 is 0 Å². The van der Waals surface area contributed by atoms with Crippen LogP contribution < -0.4 is 9.47 Å². The molecule has 9 nitrogen and oxygen atoms in total. The molecule has 1 saturated heterocycles. The maximum Gasteiger partial charge on any atom is 0.410 e. The van der Waals surface area contributed by atoms with Gasteiger partial charge in [-0.1, -0.05) is 72.8 Å². The number of nitrogens with zero attached hydrogens (tertiary/aromatic N) is 2. The second kappa shape index (κ2) is 19.1. The highest BCUT2D eigenvalue weighted by atomic mass is 16.6. The molecule has 6 rings (SSSR count). The Balaban J connectivity index is 1.06. The molecule has 1 aromatic heterocycles. The van der Waals surface area contributed by atoms with Gasteiger partial charge < -0.3 is 37.9 Å². The Hall–Kier alpha value is -4.83. The maximum absolute atomic E-state index is 13.2. The number of likely N-dealkylation sites (tertiary alicyclic amines) is 1. The van der Waals surface area contributed by atoms with E-state index in [2.05, 4.69) is 47.2 Å². The van der Waals surface area contributed by atoms with Gasteiger partial charge >= 0.3 is 6.09 Å².